The lowest BCUT2D eigenvalue weighted by Gasteiger charge is -2.32. The molecular weight excluding hydrogens is 568 g/mol. The highest BCUT2D eigenvalue weighted by molar-refractivity contribution is 5.90. The molecule has 0 aromatic heterocycles. The average molecular weight is 615 g/mol. The van der Waals surface area contributed by atoms with Crippen molar-refractivity contribution in [1.82, 2.24) is 5.32 Å². The minimum atomic E-state index is -1.75. The van der Waals surface area contributed by atoms with E-state index >= 15 is 0 Å². The fourth-order valence-electron chi connectivity index (χ4n) is 5.35. The van der Waals surface area contributed by atoms with E-state index in [9.17, 15) is 20.0 Å². The van der Waals surface area contributed by atoms with E-state index in [0.29, 0.717) is 42.2 Å². The van der Waals surface area contributed by atoms with Gasteiger partial charge >= 0.3 is 0 Å². The molecule has 8 nitrogen and oxygen atoms in total. The summed E-state index contributed by atoms with van der Waals surface area (Å²) in [4.78, 5) is 23.8. The SMILES string of the molecule is CCC(C)(C)c1ccc(OCCCCNC(=O)C2(O)CC=C(Oc3ccc([N+](=O)[O-])cc3)c3ccccc32)c(C(C)(C)CC)c1. The summed E-state index contributed by atoms with van der Waals surface area (Å²) in [6.45, 7) is 14.4. The van der Waals surface area contributed by atoms with Crippen molar-refractivity contribution >= 4 is 17.4 Å². The summed E-state index contributed by atoms with van der Waals surface area (Å²) in [6.07, 6.45) is 5.20. The number of rotatable bonds is 14. The number of hydrogen-bond donors (Lipinski definition) is 2. The summed E-state index contributed by atoms with van der Waals surface area (Å²) in [6, 6.07) is 19.4. The number of amides is 1. The van der Waals surface area contributed by atoms with Gasteiger partial charge in [0.1, 0.15) is 17.3 Å². The highest BCUT2D eigenvalue weighted by atomic mass is 16.6. The molecule has 4 rings (SSSR count). The zero-order chi connectivity index (χ0) is 32.8. The first-order valence-corrected chi connectivity index (χ1v) is 15.8. The minimum absolute atomic E-state index is 0.0178. The number of aliphatic hydroxyl groups is 1. The molecule has 8 heteroatoms. The number of carbonyl (C=O) groups is 1. The molecule has 45 heavy (non-hydrogen) atoms. The van der Waals surface area contributed by atoms with Crippen LogP contribution in [0, 0.1) is 10.1 Å². The Labute approximate surface area is 266 Å². The monoisotopic (exact) mass is 614 g/mol. The molecule has 0 bridgehead atoms. The van der Waals surface area contributed by atoms with Gasteiger partial charge in [0.2, 0.25) is 0 Å². The van der Waals surface area contributed by atoms with Crippen LogP contribution in [0.5, 0.6) is 11.5 Å². The average Bonchev–Trinajstić information content (AvgIpc) is 3.04. The lowest BCUT2D eigenvalue weighted by Crippen LogP contribution is -2.46. The van der Waals surface area contributed by atoms with Gasteiger partial charge in [0.05, 0.1) is 11.5 Å². The summed E-state index contributed by atoms with van der Waals surface area (Å²) in [7, 11) is 0. The van der Waals surface area contributed by atoms with Crippen LogP contribution in [0.3, 0.4) is 0 Å². The molecule has 1 aliphatic carbocycles. The summed E-state index contributed by atoms with van der Waals surface area (Å²) >= 11 is 0. The molecule has 1 atom stereocenters. The van der Waals surface area contributed by atoms with Gasteiger partial charge in [-0.25, -0.2) is 0 Å². The molecular formula is C37H46N2O6. The van der Waals surface area contributed by atoms with Crippen molar-refractivity contribution in [2.45, 2.75) is 90.1 Å². The van der Waals surface area contributed by atoms with Gasteiger partial charge in [0.15, 0.2) is 5.60 Å². The maximum Gasteiger partial charge on any atom is 0.269 e. The lowest BCUT2D eigenvalue weighted by atomic mass is 9.76. The number of nitrogens with zero attached hydrogens (tertiary/aromatic N) is 1. The van der Waals surface area contributed by atoms with Crippen molar-refractivity contribution in [3.8, 4) is 11.5 Å². The van der Waals surface area contributed by atoms with Crippen LogP contribution in [-0.2, 0) is 21.2 Å². The molecule has 0 aliphatic heterocycles. The van der Waals surface area contributed by atoms with Crippen LogP contribution in [0.1, 0.15) is 95.9 Å². The van der Waals surface area contributed by atoms with E-state index in [1.165, 1.54) is 35.4 Å². The van der Waals surface area contributed by atoms with Gasteiger partial charge in [0.25, 0.3) is 11.6 Å². The van der Waals surface area contributed by atoms with E-state index in [-0.39, 0.29) is 22.9 Å². The van der Waals surface area contributed by atoms with E-state index in [0.717, 1.165) is 25.0 Å². The van der Waals surface area contributed by atoms with Crippen molar-refractivity contribution in [2.75, 3.05) is 13.2 Å². The second kappa shape index (κ2) is 13.9. The zero-order valence-corrected chi connectivity index (χ0v) is 27.3. The van der Waals surface area contributed by atoms with Crippen LogP contribution < -0.4 is 14.8 Å². The van der Waals surface area contributed by atoms with Crippen LogP contribution in [0.25, 0.3) is 5.76 Å². The Morgan fingerprint density at radius 3 is 2.33 bits per heavy atom. The van der Waals surface area contributed by atoms with E-state index in [4.69, 9.17) is 9.47 Å². The number of nitrogens with one attached hydrogen (secondary N) is 1. The Hall–Kier alpha value is -4.17. The molecule has 3 aromatic rings. The third kappa shape index (κ3) is 7.56. The Kier molecular flexibility index (Phi) is 10.4. The Morgan fingerprint density at radius 1 is 0.978 bits per heavy atom. The number of unbranched alkanes of at least 4 members (excludes halogenated alkanes) is 1. The molecule has 1 aliphatic rings. The summed E-state index contributed by atoms with van der Waals surface area (Å²) in [5.74, 6) is 1.34. The van der Waals surface area contributed by atoms with Crippen molar-refractivity contribution in [1.29, 1.82) is 0 Å². The van der Waals surface area contributed by atoms with Crippen LogP contribution >= 0.6 is 0 Å². The molecule has 0 saturated heterocycles. The normalized spacial score (nSPS) is 16.4. The first-order chi connectivity index (χ1) is 21.3. The van der Waals surface area contributed by atoms with Gasteiger partial charge < -0.3 is 19.9 Å². The van der Waals surface area contributed by atoms with Crippen molar-refractivity contribution in [2.24, 2.45) is 0 Å². The van der Waals surface area contributed by atoms with Gasteiger partial charge in [0, 0.05) is 41.8 Å². The van der Waals surface area contributed by atoms with E-state index in [1.54, 1.807) is 30.3 Å². The number of carbonyl (C=O) groups excluding carboxylic acids is 1. The highest BCUT2D eigenvalue weighted by Gasteiger charge is 2.42. The quantitative estimate of drug-likeness (QED) is 0.108. The molecule has 0 radical (unpaired) electrons. The minimum Gasteiger partial charge on any atom is -0.493 e. The number of fused-ring (bicyclic) bond motifs is 1. The molecule has 240 valence electrons. The first-order valence-electron chi connectivity index (χ1n) is 15.8. The van der Waals surface area contributed by atoms with Crippen LogP contribution in [0.15, 0.2) is 72.8 Å². The topological polar surface area (TPSA) is 111 Å². The van der Waals surface area contributed by atoms with E-state index < -0.39 is 16.4 Å². The van der Waals surface area contributed by atoms with E-state index in [2.05, 4.69) is 65.1 Å². The smallest absolute Gasteiger partial charge is 0.269 e. The Bertz CT molecular complexity index is 1540. The second-order valence-electron chi connectivity index (χ2n) is 13.0. The van der Waals surface area contributed by atoms with Crippen LogP contribution in [0.2, 0.25) is 0 Å². The Balaban J connectivity index is 1.34. The predicted octanol–water partition coefficient (Wildman–Crippen LogP) is 7.96. The lowest BCUT2D eigenvalue weighted by molar-refractivity contribution is -0.384. The summed E-state index contributed by atoms with van der Waals surface area (Å²) < 4.78 is 12.3. The third-order valence-corrected chi connectivity index (χ3v) is 9.24. The van der Waals surface area contributed by atoms with Crippen molar-refractivity contribution in [3.63, 3.8) is 0 Å². The fourth-order valence-corrected chi connectivity index (χ4v) is 5.35. The fraction of sp³-hybridized carbons (Fsp3) is 0.432. The van der Waals surface area contributed by atoms with Crippen LogP contribution in [-0.4, -0.2) is 29.1 Å². The second-order valence-corrected chi connectivity index (χ2v) is 13.0. The summed E-state index contributed by atoms with van der Waals surface area (Å²) in [5, 5.41) is 25.4. The number of benzene rings is 3. The van der Waals surface area contributed by atoms with Gasteiger partial charge in [-0.3, -0.25) is 14.9 Å². The number of ether oxygens (including phenoxy) is 2. The third-order valence-electron chi connectivity index (χ3n) is 9.24. The number of nitro benzene ring substituents is 1. The first kappa shape index (κ1) is 33.7. The number of nitro groups is 1. The highest BCUT2D eigenvalue weighted by Crippen LogP contribution is 2.40. The maximum atomic E-state index is 13.3. The van der Waals surface area contributed by atoms with Gasteiger partial charge in [-0.15, -0.1) is 0 Å². The standard InChI is InChI=1S/C37H46N2O6/c1-7-35(3,4)26-15-20-33(31(25-26)36(5,6)8-2)44-24-12-11-23-38-34(40)37(41)22-21-32(29-13-9-10-14-30(29)37)45-28-18-16-27(17-19-28)39(42)43/h9-10,13-21,25,41H,7-8,11-12,22-24H2,1-6H3,(H,38,40). The van der Waals surface area contributed by atoms with E-state index in [1.807, 2.05) is 0 Å². The van der Waals surface area contributed by atoms with Gasteiger partial charge in [-0.2, -0.15) is 0 Å². The molecule has 1 unspecified atom stereocenters. The molecule has 0 spiro atoms. The number of hydrogen-bond acceptors (Lipinski definition) is 6. The Morgan fingerprint density at radius 2 is 1.67 bits per heavy atom. The molecule has 0 fully saturated rings. The maximum absolute atomic E-state index is 13.3. The molecule has 1 amide bonds. The molecule has 0 saturated carbocycles. The summed E-state index contributed by atoms with van der Waals surface area (Å²) in [5.41, 5.74) is 1.88. The zero-order valence-electron chi connectivity index (χ0n) is 27.3. The molecule has 0 heterocycles. The van der Waals surface area contributed by atoms with Gasteiger partial charge in [-0.05, 0) is 66.4 Å². The molecule has 2 N–H and O–H groups in total. The molecule has 3 aromatic carbocycles. The van der Waals surface area contributed by atoms with Crippen molar-refractivity contribution < 1.29 is 24.3 Å². The predicted molar refractivity (Wildman–Crippen MR) is 177 cm³/mol. The van der Waals surface area contributed by atoms with Gasteiger partial charge in [-0.1, -0.05) is 77.9 Å². The largest absolute Gasteiger partial charge is 0.493 e. The number of non-ortho nitro benzene ring substituents is 1. The van der Waals surface area contributed by atoms with Crippen LogP contribution in [0.4, 0.5) is 5.69 Å². The van der Waals surface area contributed by atoms with Crippen molar-refractivity contribution in [3.05, 3.63) is 105 Å².